The summed E-state index contributed by atoms with van der Waals surface area (Å²) in [5, 5.41) is 0. The first-order valence-electron chi connectivity index (χ1n) is 8.15. The molecule has 0 aromatic heterocycles. The van der Waals surface area contributed by atoms with Gasteiger partial charge in [0.15, 0.2) is 5.60 Å². The fourth-order valence-electron chi connectivity index (χ4n) is 4.30. The molecule has 1 saturated carbocycles. The standard InChI is InChI=1S/C12H21O7Si4/c1-20-16-21(2)18-23(4,19-22(3)17-20)8-7-10-9(13-10)5-6-11-12(10,14-11)15-11/h9H,5-8H2,1-4H3. The molecular weight excluding hydrogens is 368 g/mol. The van der Waals surface area contributed by atoms with Crippen molar-refractivity contribution in [3.63, 3.8) is 0 Å². The zero-order valence-electron chi connectivity index (χ0n) is 13.8. The fraction of sp³-hybridized carbons (Fsp3) is 1.00. The van der Waals surface area contributed by atoms with Crippen LogP contribution in [-0.2, 0) is 30.7 Å². The molecule has 0 amide bonds. The Balaban J connectivity index is 1.28. The summed E-state index contributed by atoms with van der Waals surface area (Å²) in [5.74, 6) is -0.724. The molecule has 0 spiro atoms. The number of ether oxygens (including phenoxy) is 3. The van der Waals surface area contributed by atoms with E-state index in [1.807, 2.05) is 19.6 Å². The topological polar surface area (TPSA) is 74.5 Å². The molecule has 23 heavy (non-hydrogen) atoms. The first-order valence-corrected chi connectivity index (χ1v) is 16.1. The Morgan fingerprint density at radius 3 is 2.35 bits per heavy atom. The predicted molar refractivity (Wildman–Crippen MR) is 84.7 cm³/mol. The molecule has 1 aliphatic carbocycles. The van der Waals surface area contributed by atoms with Gasteiger partial charge in [0.2, 0.25) is 5.79 Å². The van der Waals surface area contributed by atoms with Gasteiger partial charge < -0.3 is 30.7 Å². The van der Waals surface area contributed by atoms with Crippen LogP contribution in [0.5, 0.6) is 0 Å². The highest BCUT2D eigenvalue weighted by Crippen LogP contribution is 2.83. The highest BCUT2D eigenvalue weighted by molar-refractivity contribution is 6.81. The predicted octanol–water partition coefficient (Wildman–Crippen LogP) is 1.27. The smallest absolute Gasteiger partial charge is 0.362 e. The lowest BCUT2D eigenvalue weighted by molar-refractivity contribution is -0.123. The first-order chi connectivity index (χ1) is 10.8. The third-order valence-electron chi connectivity index (χ3n) is 5.39. The normalized spacial score (nSPS) is 51.9. The average molecular weight is 390 g/mol. The molecule has 0 N–H and O–H groups in total. The molecule has 5 fully saturated rings. The van der Waals surface area contributed by atoms with E-state index < -0.39 is 42.2 Å². The van der Waals surface area contributed by atoms with Crippen LogP contribution in [0.1, 0.15) is 19.3 Å². The van der Waals surface area contributed by atoms with Crippen molar-refractivity contribution in [3.8, 4) is 0 Å². The second-order valence-corrected chi connectivity index (χ2v) is 16.1. The summed E-state index contributed by atoms with van der Waals surface area (Å²) in [4.78, 5) is 0. The molecule has 11 heteroatoms. The van der Waals surface area contributed by atoms with Gasteiger partial charge in [0, 0.05) is 6.42 Å². The molecule has 5 rings (SSSR count). The minimum atomic E-state index is -2.34. The van der Waals surface area contributed by atoms with Gasteiger partial charge in [-0.05, 0) is 45.1 Å². The van der Waals surface area contributed by atoms with Gasteiger partial charge in [-0.2, -0.15) is 0 Å². The summed E-state index contributed by atoms with van der Waals surface area (Å²) in [6.45, 7) is 8.17. The average Bonchev–Trinajstić information content (AvgIpc) is 3.26. The van der Waals surface area contributed by atoms with Crippen LogP contribution in [0.25, 0.3) is 0 Å². The Morgan fingerprint density at radius 2 is 1.70 bits per heavy atom. The molecule has 2 atom stereocenters. The van der Waals surface area contributed by atoms with Crippen molar-refractivity contribution in [2.45, 2.75) is 74.8 Å². The van der Waals surface area contributed by atoms with E-state index in [9.17, 15) is 0 Å². The Labute approximate surface area is 142 Å². The van der Waals surface area contributed by atoms with Gasteiger partial charge in [0.25, 0.3) is 5.79 Å². The molecule has 7 nitrogen and oxygen atoms in total. The molecule has 0 bridgehead atoms. The third-order valence-corrected chi connectivity index (χ3v) is 16.9. The lowest BCUT2D eigenvalue weighted by Crippen LogP contribution is -2.53. The monoisotopic (exact) mass is 389 g/mol. The minimum absolute atomic E-state index is 0.251. The Morgan fingerprint density at radius 1 is 1.04 bits per heavy atom. The molecule has 0 aromatic rings. The molecule has 5 aliphatic rings. The maximum absolute atomic E-state index is 6.30. The fourth-order valence-corrected chi connectivity index (χ4v) is 16.2. The van der Waals surface area contributed by atoms with Crippen LogP contribution in [0.4, 0.5) is 0 Å². The van der Waals surface area contributed by atoms with Crippen LogP contribution in [0.2, 0.25) is 32.2 Å². The number of epoxide rings is 3. The number of rotatable bonds is 3. The van der Waals surface area contributed by atoms with Crippen LogP contribution >= 0.6 is 0 Å². The maximum atomic E-state index is 6.30. The van der Waals surface area contributed by atoms with E-state index in [1.54, 1.807) is 0 Å². The molecular formula is C12H21O7Si4. The van der Waals surface area contributed by atoms with E-state index in [2.05, 4.69) is 6.55 Å². The van der Waals surface area contributed by atoms with Crippen LogP contribution in [0, 0.1) is 0 Å². The highest BCUT2D eigenvalue weighted by Gasteiger charge is 3.04. The van der Waals surface area contributed by atoms with Crippen molar-refractivity contribution in [3.05, 3.63) is 0 Å². The van der Waals surface area contributed by atoms with Gasteiger partial charge in [-0.3, -0.25) is 0 Å². The van der Waals surface area contributed by atoms with Crippen LogP contribution in [0.3, 0.4) is 0 Å². The molecule has 127 valence electrons. The molecule has 4 heterocycles. The second-order valence-electron chi connectivity index (χ2n) is 7.13. The molecule has 0 aromatic carbocycles. The summed E-state index contributed by atoms with van der Waals surface area (Å²) in [6, 6.07) is 0.858. The van der Waals surface area contributed by atoms with Gasteiger partial charge in [-0.15, -0.1) is 0 Å². The summed E-state index contributed by atoms with van der Waals surface area (Å²) in [6.07, 6.45) is 3.15. The quantitative estimate of drug-likeness (QED) is 0.531. The second kappa shape index (κ2) is 4.65. The number of hydrogen-bond acceptors (Lipinski definition) is 7. The summed E-state index contributed by atoms with van der Waals surface area (Å²) >= 11 is 0. The van der Waals surface area contributed by atoms with Crippen molar-refractivity contribution in [1.82, 2.24) is 0 Å². The third kappa shape index (κ3) is 2.16. The lowest BCUT2D eigenvalue weighted by atomic mass is 9.87. The molecule has 2 unspecified atom stereocenters. The molecule has 4 aliphatic heterocycles. The van der Waals surface area contributed by atoms with Crippen LogP contribution < -0.4 is 0 Å². The number of hydrogen-bond donors (Lipinski definition) is 0. The first kappa shape index (κ1) is 15.8. The Hall–Kier alpha value is 0.588. The van der Waals surface area contributed by atoms with Crippen molar-refractivity contribution in [1.29, 1.82) is 0 Å². The SMILES string of the molecule is C[Si]1O[Si](C)O[Si](C)(CCC23OC2CCC24OC23O4)O[Si](C)O1. The zero-order chi connectivity index (χ0) is 16.1. The van der Waals surface area contributed by atoms with E-state index in [1.165, 1.54) is 0 Å². The maximum Gasteiger partial charge on any atom is 0.362 e. The van der Waals surface area contributed by atoms with Gasteiger partial charge in [0.1, 0.15) is 0 Å². The van der Waals surface area contributed by atoms with E-state index >= 15 is 0 Å². The summed E-state index contributed by atoms with van der Waals surface area (Å²) < 4.78 is 42.1. The van der Waals surface area contributed by atoms with Crippen molar-refractivity contribution >= 4 is 36.4 Å². The summed E-state index contributed by atoms with van der Waals surface area (Å²) in [5.41, 5.74) is -0.251. The zero-order valence-corrected chi connectivity index (χ0v) is 17.8. The largest absolute Gasteiger partial charge is 0.415 e. The molecule has 3 radical (unpaired) electrons. The number of fused-ring (bicyclic) bond motifs is 1. The van der Waals surface area contributed by atoms with Gasteiger partial charge in [-0.1, -0.05) is 0 Å². The highest BCUT2D eigenvalue weighted by atomic mass is 28.5. The summed E-state index contributed by atoms with van der Waals surface area (Å²) in [7, 11) is -6.24. The van der Waals surface area contributed by atoms with Crippen molar-refractivity contribution in [2.75, 3.05) is 0 Å². The molecule has 4 saturated heterocycles. The van der Waals surface area contributed by atoms with Gasteiger partial charge in [-0.25, -0.2) is 0 Å². The lowest BCUT2D eigenvalue weighted by Gasteiger charge is -2.36. The van der Waals surface area contributed by atoms with E-state index in [0.717, 1.165) is 25.3 Å². The van der Waals surface area contributed by atoms with Gasteiger partial charge in [0.05, 0.1) is 6.10 Å². The van der Waals surface area contributed by atoms with Crippen LogP contribution in [-0.4, -0.2) is 59.7 Å². The van der Waals surface area contributed by atoms with Gasteiger partial charge >= 0.3 is 36.4 Å². The van der Waals surface area contributed by atoms with E-state index in [4.69, 9.17) is 30.7 Å². The Kier molecular flexibility index (Phi) is 3.20. The van der Waals surface area contributed by atoms with Crippen molar-refractivity contribution < 1.29 is 30.7 Å². The van der Waals surface area contributed by atoms with Crippen molar-refractivity contribution in [2.24, 2.45) is 0 Å². The Bertz CT molecular complexity index is 530. The van der Waals surface area contributed by atoms with E-state index in [0.29, 0.717) is 0 Å². The van der Waals surface area contributed by atoms with Crippen LogP contribution in [0.15, 0.2) is 0 Å². The van der Waals surface area contributed by atoms with E-state index in [-0.39, 0.29) is 17.5 Å². The minimum Gasteiger partial charge on any atom is -0.415 e.